The van der Waals surface area contributed by atoms with Gasteiger partial charge in [0.05, 0.1) is 0 Å². The van der Waals surface area contributed by atoms with Gasteiger partial charge in [-0.3, -0.25) is 0 Å². The van der Waals surface area contributed by atoms with Gasteiger partial charge in [0.1, 0.15) is 0 Å². The largest absolute Gasteiger partial charge is 0.0917 e. The van der Waals surface area contributed by atoms with Crippen molar-refractivity contribution in [3.05, 3.63) is 48.0 Å². The fourth-order valence-corrected chi connectivity index (χ4v) is 1.24. The summed E-state index contributed by atoms with van der Waals surface area (Å²) in [5, 5.41) is 0. The Morgan fingerprint density at radius 1 is 1.17 bits per heavy atom. The first-order chi connectivity index (χ1) is 5.93. The molecule has 0 amide bonds. The van der Waals surface area contributed by atoms with Gasteiger partial charge in [-0.25, -0.2) is 0 Å². The molecule has 0 nitrogen and oxygen atoms in total. The summed E-state index contributed by atoms with van der Waals surface area (Å²) < 4.78 is 0. The van der Waals surface area contributed by atoms with Crippen LogP contribution in [0.3, 0.4) is 0 Å². The Bertz CT molecular complexity index is 221. The molecule has 64 valence electrons. The highest BCUT2D eigenvalue weighted by molar-refractivity contribution is 5.14. The van der Waals surface area contributed by atoms with Crippen molar-refractivity contribution in [1.82, 2.24) is 0 Å². The lowest BCUT2D eigenvalue weighted by Crippen LogP contribution is -1.82. The SMILES string of the molecule is C/C=C/CCCc1ccccc1. The molecule has 0 aromatic heterocycles. The number of hydrogen-bond acceptors (Lipinski definition) is 0. The van der Waals surface area contributed by atoms with Crippen molar-refractivity contribution >= 4 is 0 Å². The van der Waals surface area contributed by atoms with E-state index >= 15 is 0 Å². The maximum absolute atomic E-state index is 2.23. The molecule has 0 aliphatic rings. The van der Waals surface area contributed by atoms with Crippen molar-refractivity contribution in [3.63, 3.8) is 0 Å². The molecule has 0 radical (unpaired) electrons. The topological polar surface area (TPSA) is 0 Å². The summed E-state index contributed by atoms with van der Waals surface area (Å²) in [6.07, 6.45) is 8.00. The molecule has 0 heteroatoms. The van der Waals surface area contributed by atoms with Crippen LogP contribution in [-0.4, -0.2) is 0 Å². The number of rotatable bonds is 4. The van der Waals surface area contributed by atoms with Crippen LogP contribution >= 0.6 is 0 Å². The first-order valence-corrected chi connectivity index (χ1v) is 4.58. The predicted molar refractivity (Wildman–Crippen MR) is 54.2 cm³/mol. The van der Waals surface area contributed by atoms with Crippen LogP contribution in [0.5, 0.6) is 0 Å². The van der Waals surface area contributed by atoms with E-state index in [1.807, 2.05) is 0 Å². The van der Waals surface area contributed by atoms with Gasteiger partial charge in [0, 0.05) is 0 Å². The third-order valence-electron chi connectivity index (χ3n) is 1.91. The van der Waals surface area contributed by atoms with E-state index in [9.17, 15) is 0 Å². The molecule has 0 heterocycles. The van der Waals surface area contributed by atoms with E-state index < -0.39 is 0 Å². The maximum Gasteiger partial charge on any atom is -0.0276 e. The molecule has 0 bridgehead atoms. The fourth-order valence-electron chi connectivity index (χ4n) is 1.24. The maximum atomic E-state index is 2.23. The number of allylic oxidation sites excluding steroid dienone is 2. The smallest absolute Gasteiger partial charge is 0.0276 e. The predicted octanol–water partition coefficient (Wildman–Crippen LogP) is 3.59. The summed E-state index contributed by atoms with van der Waals surface area (Å²) >= 11 is 0. The van der Waals surface area contributed by atoms with Gasteiger partial charge in [0.25, 0.3) is 0 Å². The molecule has 0 spiro atoms. The molecular formula is C12H16. The average Bonchev–Trinajstić information content (AvgIpc) is 2.14. The van der Waals surface area contributed by atoms with Gasteiger partial charge in [0.2, 0.25) is 0 Å². The Balaban J connectivity index is 2.24. The summed E-state index contributed by atoms with van der Waals surface area (Å²) in [6.45, 7) is 2.07. The minimum atomic E-state index is 1.20. The van der Waals surface area contributed by atoms with Crippen molar-refractivity contribution in [3.8, 4) is 0 Å². The molecule has 0 saturated carbocycles. The van der Waals surface area contributed by atoms with Crippen LogP contribution in [0.25, 0.3) is 0 Å². The van der Waals surface area contributed by atoms with E-state index in [0.717, 1.165) is 0 Å². The zero-order valence-corrected chi connectivity index (χ0v) is 7.66. The molecule has 1 rings (SSSR count). The van der Waals surface area contributed by atoms with Crippen molar-refractivity contribution in [2.24, 2.45) is 0 Å². The van der Waals surface area contributed by atoms with E-state index in [1.165, 1.54) is 24.8 Å². The van der Waals surface area contributed by atoms with Crippen LogP contribution in [0.1, 0.15) is 25.3 Å². The molecule has 0 saturated heterocycles. The summed E-state index contributed by atoms with van der Waals surface area (Å²) in [6, 6.07) is 10.6. The molecule has 0 N–H and O–H groups in total. The highest BCUT2D eigenvalue weighted by Crippen LogP contribution is 2.04. The monoisotopic (exact) mass is 160 g/mol. The van der Waals surface area contributed by atoms with Crippen LogP contribution in [0.4, 0.5) is 0 Å². The minimum Gasteiger partial charge on any atom is -0.0917 e. The third-order valence-corrected chi connectivity index (χ3v) is 1.91. The summed E-state index contributed by atoms with van der Waals surface area (Å²) in [4.78, 5) is 0. The second kappa shape index (κ2) is 5.59. The Morgan fingerprint density at radius 2 is 1.92 bits per heavy atom. The van der Waals surface area contributed by atoms with Gasteiger partial charge in [-0.15, -0.1) is 0 Å². The zero-order chi connectivity index (χ0) is 8.65. The third kappa shape index (κ3) is 3.38. The number of unbranched alkanes of at least 4 members (excludes halogenated alkanes) is 1. The van der Waals surface area contributed by atoms with Gasteiger partial charge in [0.15, 0.2) is 0 Å². The van der Waals surface area contributed by atoms with Gasteiger partial charge < -0.3 is 0 Å². The average molecular weight is 160 g/mol. The van der Waals surface area contributed by atoms with E-state index in [-0.39, 0.29) is 0 Å². The Labute approximate surface area is 74.9 Å². The number of benzene rings is 1. The second-order valence-corrected chi connectivity index (χ2v) is 2.95. The molecule has 0 fully saturated rings. The first-order valence-electron chi connectivity index (χ1n) is 4.58. The highest BCUT2D eigenvalue weighted by atomic mass is 13.9. The van der Waals surface area contributed by atoms with E-state index in [4.69, 9.17) is 0 Å². The summed E-state index contributed by atoms with van der Waals surface area (Å²) in [5.41, 5.74) is 1.45. The molecular weight excluding hydrogens is 144 g/mol. The molecule has 0 aliphatic carbocycles. The number of hydrogen-bond donors (Lipinski definition) is 0. The van der Waals surface area contributed by atoms with Gasteiger partial charge in [-0.1, -0.05) is 42.5 Å². The Kier molecular flexibility index (Phi) is 4.22. The normalized spacial score (nSPS) is 10.8. The van der Waals surface area contributed by atoms with Crippen molar-refractivity contribution in [2.75, 3.05) is 0 Å². The second-order valence-electron chi connectivity index (χ2n) is 2.95. The molecule has 0 aliphatic heterocycles. The molecule has 0 atom stereocenters. The van der Waals surface area contributed by atoms with Crippen LogP contribution in [0.2, 0.25) is 0 Å². The van der Waals surface area contributed by atoms with Crippen molar-refractivity contribution in [1.29, 1.82) is 0 Å². The van der Waals surface area contributed by atoms with E-state index in [2.05, 4.69) is 49.4 Å². The van der Waals surface area contributed by atoms with Gasteiger partial charge in [-0.2, -0.15) is 0 Å². The molecule has 12 heavy (non-hydrogen) atoms. The van der Waals surface area contributed by atoms with Crippen molar-refractivity contribution in [2.45, 2.75) is 26.2 Å². The zero-order valence-electron chi connectivity index (χ0n) is 7.66. The van der Waals surface area contributed by atoms with Crippen molar-refractivity contribution < 1.29 is 0 Å². The lowest BCUT2D eigenvalue weighted by molar-refractivity contribution is 0.842. The standard InChI is InChI=1S/C12H16/c1-2-3-4-6-9-12-10-7-5-8-11-12/h2-3,5,7-8,10-11H,4,6,9H2,1H3/b3-2+. The Hall–Kier alpha value is -1.04. The summed E-state index contributed by atoms with van der Waals surface area (Å²) in [7, 11) is 0. The fraction of sp³-hybridized carbons (Fsp3) is 0.333. The van der Waals surface area contributed by atoms with Crippen LogP contribution in [-0.2, 0) is 6.42 Å². The van der Waals surface area contributed by atoms with Crippen LogP contribution in [0.15, 0.2) is 42.5 Å². The lowest BCUT2D eigenvalue weighted by atomic mass is 10.1. The molecule has 1 aromatic rings. The quantitative estimate of drug-likeness (QED) is 0.466. The van der Waals surface area contributed by atoms with Gasteiger partial charge >= 0.3 is 0 Å². The minimum absolute atomic E-state index is 1.20. The first kappa shape index (κ1) is 9.05. The molecule has 1 aromatic carbocycles. The highest BCUT2D eigenvalue weighted by Gasteiger charge is 1.88. The Morgan fingerprint density at radius 3 is 2.58 bits per heavy atom. The van der Waals surface area contributed by atoms with E-state index in [1.54, 1.807) is 0 Å². The van der Waals surface area contributed by atoms with Gasteiger partial charge in [-0.05, 0) is 31.7 Å². The van der Waals surface area contributed by atoms with Crippen LogP contribution in [0, 0.1) is 0 Å². The van der Waals surface area contributed by atoms with Crippen LogP contribution < -0.4 is 0 Å². The summed E-state index contributed by atoms with van der Waals surface area (Å²) in [5.74, 6) is 0. The van der Waals surface area contributed by atoms with E-state index in [0.29, 0.717) is 0 Å². The lowest BCUT2D eigenvalue weighted by Gasteiger charge is -1.97. The number of aryl methyl sites for hydroxylation is 1. The molecule has 0 unspecified atom stereocenters.